The van der Waals surface area contributed by atoms with Crippen molar-refractivity contribution in [1.82, 2.24) is 4.90 Å². The number of hydrogen-bond donors (Lipinski definition) is 0. The van der Waals surface area contributed by atoms with Crippen LogP contribution in [0.2, 0.25) is 0 Å². The molecular weight excluding hydrogens is 355 g/mol. The van der Waals surface area contributed by atoms with Crippen LogP contribution in [0.4, 0.5) is 4.39 Å². The van der Waals surface area contributed by atoms with Gasteiger partial charge in [0.2, 0.25) is 0 Å². The Bertz CT molecular complexity index is 846. The van der Waals surface area contributed by atoms with E-state index in [1.165, 1.54) is 12.1 Å². The van der Waals surface area contributed by atoms with Crippen molar-refractivity contribution in [2.45, 2.75) is 18.4 Å². The number of esters is 1. The van der Waals surface area contributed by atoms with Crippen LogP contribution in [0.5, 0.6) is 0 Å². The van der Waals surface area contributed by atoms with Gasteiger partial charge in [0.05, 0.1) is 17.2 Å². The molecule has 1 unspecified atom stereocenters. The fraction of sp³-hybridized carbons (Fsp3) is 0.300. The number of cyclic esters (lactones) is 1. The van der Waals surface area contributed by atoms with E-state index >= 15 is 0 Å². The molecular formula is C20H20ClFN2O2. The predicted molar refractivity (Wildman–Crippen MR) is 98.8 cm³/mol. The van der Waals surface area contributed by atoms with Gasteiger partial charge in [-0.2, -0.15) is 5.26 Å². The standard InChI is InChI=1S/C20H19FN2O2.ClH/c1-23(2)11-3-10-20(15-5-7-16(21)8-6-15)18-9-4-14(13-22)12-17(18)19(24)25-20;/h4-9,12H,3,10-11H2,1-2H3;1H. The second-order valence-electron chi connectivity index (χ2n) is 6.50. The van der Waals surface area contributed by atoms with Crippen LogP contribution in [0.25, 0.3) is 0 Å². The topological polar surface area (TPSA) is 53.3 Å². The lowest BCUT2D eigenvalue weighted by molar-refractivity contribution is 0.00582. The van der Waals surface area contributed by atoms with Crippen molar-refractivity contribution in [3.63, 3.8) is 0 Å². The average Bonchev–Trinajstić information content (AvgIpc) is 2.88. The Balaban J connectivity index is 0.00000243. The summed E-state index contributed by atoms with van der Waals surface area (Å²) in [6.07, 6.45) is 1.39. The minimum absolute atomic E-state index is 0. The Kier molecular flexibility index (Phi) is 6.01. The summed E-state index contributed by atoms with van der Waals surface area (Å²) in [5.41, 5.74) is 1.36. The lowest BCUT2D eigenvalue weighted by Gasteiger charge is -2.30. The first-order chi connectivity index (χ1) is 12.0. The molecule has 26 heavy (non-hydrogen) atoms. The van der Waals surface area contributed by atoms with Gasteiger partial charge in [0, 0.05) is 11.1 Å². The molecule has 1 aliphatic rings. The van der Waals surface area contributed by atoms with Crippen LogP contribution in [-0.2, 0) is 10.3 Å². The number of nitrogens with zero attached hydrogens (tertiary/aromatic N) is 2. The number of halogens is 2. The number of ether oxygens (including phenoxy) is 1. The lowest BCUT2D eigenvalue weighted by atomic mass is 9.81. The molecule has 1 heterocycles. The molecule has 0 saturated carbocycles. The molecule has 0 spiro atoms. The maximum atomic E-state index is 13.4. The molecule has 136 valence electrons. The van der Waals surface area contributed by atoms with E-state index in [2.05, 4.69) is 4.90 Å². The number of carbonyl (C=O) groups is 1. The third-order valence-corrected chi connectivity index (χ3v) is 4.52. The summed E-state index contributed by atoms with van der Waals surface area (Å²) >= 11 is 0. The normalized spacial score (nSPS) is 18.0. The molecule has 1 atom stereocenters. The SMILES string of the molecule is CN(C)CCCC1(c2ccc(F)cc2)OC(=O)c2cc(C#N)ccc21.Cl. The highest BCUT2D eigenvalue weighted by molar-refractivity contribution is 5.95. The van der Waals surface area contributed by atoms with Crippen LogP contribution in [0.3, 0.4) is 0 Å². The van der Waals surface area contributed by atoms with Crippen LogP contribution in [-0.4, -0.2) is 31.5 Å². The van der Waals surface area contributed by atoms with Gasteiger partial charge in [-0.15, -0.1) is 12.4 Å². The summed E-state index contributed by atoms with van der Waals surface area (Å²) in [5.74, 6) is -0.780. The van der Waals surface area contributed by atoms with Gasteiger partial charge in [-0.25, -0.2) is 9.18 Å². The summed E-state index contributed by atoms with van der Waals surface area (Å²) in [7, 11) is 3.97. The number of hydrogen-bond acceptors (Lipinski definition) is 4. The third-order valence-electron chi connectivity index (χ3n) is 4.52. The van der Waals surface area contributed by atoms with Crippen molar-refractivity contribution in [2.75, 3.05) is 20.6 Å². The monoisotopic (exact) mass is 374 g/mol. The smallest absolute Gasteiger partial charge is 0.339 e. The molecule has 6 heteroatoms. The van der Waals surface area contributed by atoms with E-state index in [1.54, 1.807) is 30.3 Å². The van der Waals surface area contributed by atoms with Gasteiger partial charge in [-0.05, 0) is 57.7 Å². The first-order valence-corrected chi connectivity index (χ1v) is 8.15. The predicted octanol–water partition coefficient (Wildman–Crippen LogP) is 3.87. The van der Waals surface area contributed by atoms with E-state index in [9.17, 15) is 9.18 Å². The zero-order chi connectivity index (χ0) is 18.0. The highest BCUT2D eigenvalue weighted by Crippen LogP contribution is 2.45. The van der Waals surface area contributed by atoms with E-state index in [4.69, 9.17) is 10.00 Å². The largest absolute Gasteiger partial charge is 0.446 e. The summed E-state index contributed by atoms with van der Waals surface area (Å²) in [6, 6.07) is 13.1. The van der Waals surface area contributed by atoms with E-state index in [0.29, 0.717) is 17.5 Å². The lowest BCUT2D eigenvalue weighted by Crippen LogP contribution is -2.29. The zero-order valence-electron chi connectivity index (χ0n) is 14.7. The summed E-state index contributed by atoms with van der Waals surface area (Å²) < 4.78 is 19.2. The van der Waals surface area contributed by atoms with Crippen LogP contribution >= 0.6 is 12.4 Å². The van der Waals surface area contributed by atoms with Crippen molar-refractivity contribution < 1.29 is 13.9 Å². The highest BCUT2D eigenvalue weighted by atomic mass is 35.5. The molecule has 0 bridgehead atoms. The molecule has 0 fully saturated rings. The minimum atomic E-state index is -0.940. The Morgan fingerprint density at radius 1 is 1.19 bits per heavy atom. The van der Waals surface area contributed by atoms with Crippen LogP contribution in [0, 0.1) is 17.1 Å². The fourth-order valence-corrected chi connectivity index (χ4v) is 3.31. The van der Waals surface area contributed by atoms with E-state index in [-0.39, 0.29) is 18.2 Å². The molecule has 4 nitrogen and oxygen atoms in total. The Hall–Kier alpha value is -2.42. The second kappa shape index (κ2) is 7.86. The van der Waals surface area contributed by atoms with Gasteiger partial charge >= 0.3 is 5.97 Å². The molecule has 0 aliphatic carbocycles. The van der Waals surface area contributed by atoms with Gasteiger partial charge < -0.3 is 9.64 Å². The molecule has 0 radical (unpaired) electrons. The van der Waals surface area contributed by atoms with Crippen LogP contribution in [0.15, 0.2) is 42.5 Å². The summed E-state index contributed by atoms with van der Waals surface area (Å²) in [5, 5.41) is 9.09. The molecule has 0 N–H and O–H groups in total. The Morgan fingerprint density at radius 2 is 1.88 bits per heavy atom. The quantitative estimate of drug-likeness (QED) is 0.745. The molecule has 3 rings (SSSR count). The minimum Gasteiger partial charge on any atom is -0.446 e. The summed E-state index contributed by atoms with van der Waals surface area (Å²) in [4.78, 5) is 14.5. The highest BCUT2D eigenvalue weighted by Gasteiger charge is 2.46. The number of nitriles is 1. The van der Waals surface area contributed by atoms with Crippen LogP contribution < -0.4 is 0 Å². The van der Waals surface area contributed by atoms with Gasteiger partial charge in [-0.3, -0.25) is 0 Å². The van der Waals surface area contributed by atoms with Crippen molar-refractivity contribution in [2.24, 2.45) is 0 Å². The van der Waals surface area contributed by atoms with E-state index < -0.39 is 11.6 Å². The molecule has 1 aliphatic heterocycles. The van der Waals surface area contributed by atoms with Gasteiger partial charge in [0.25, 0.3) is 0 Å². The fourth-order valence-electron chi connectivity index (χ4n) is 3.31. The molecule has 2 aromatic carbocycles. The number of carbonyl (C=O) groups excluding carboxylic acids is 1. The third kappa shape index (κ3) is 3.57. The van der Waals surface area contributed by atoms with Crippen molar-refractivity contribution in [3.05, 3.63) is 70.5 Å². The van der Waals surface area contributed by atoms with Crippen molar-refractivity contribution in [1.29, 1.82) is 5.26 Å². The molecule has 0 amide bonds. The first-order valence-electron chi connectivity index (χ1n) is 8.15. The number of benzene rings is 2. The second-order valence-corrected chi connectivity index (χ2v) is 6.50. The van der Waals surface area contributed by atoms with E-state index in [1.807, 2.05) is 20.2 Å². The Morgan fingerprint density at radius 3 is 2.50 bits per heavy atom. The van der Waals surface area contributed by atoms with Crippen molar-refractivity contribution >= 4 is 18.4 Å². The molecule has 0 aromatic heterocycles. The van der Waals surface area contributed by atoms with E-state index in [0.717, 1.165) is 24.1 Å². The van der Waals surface area contributed by atoms with Crippen molar-refractivity contribution in [3.8, 4) is 6.07 Å². The van der Waals surface area contributed by atoms with Gasteiger partial charge in [-0.1, -0.05) is 18.2 Å². The zero-order valence-corrected chi connectivity index (χ0v) is 15.5. The molecule has 2 aromatic rings. The number of fused-ring (bicyclic) bond motifs is 1. The Labute approximate surface area is 158 Å². The van der Waals surface area contributed by atoms with Gasteiger partial charge in [0.15, 0.2) is 5.60 Å². The maximum absolute atomic E-state index is 13.4. The average molecular weight is 375 g/mol. The number of rotatable bonds is 5. The van der Waals surface area contributed by atoms with Gasteiger partial charge in [0.1, 0.15) is 5.82 Å². The van der Waals surface area contributed by atoms with Crippen LogP contribution in [0.1, 0.15) is 39.9 Å². The summed E-state index contributed by atoms with van der Waals surface area (Å²) in [6.45, 7) is 0.839. The molecule has 0 saturated heterocycles. The first kappa shape index (κ1) is 19.9. The maximum Gasteiger partial charge on any atom is 0.339 e.